The van der Waals surface area contributed by atoms with Gasteiger partial charge in [-0.25, -0.2) is 26.7 Å². The molecule has 0 bridgehead atoms. The van der Waals surface area contributed by atoms with Crippen molar-refractivity contribution in [2.75, 3.05) is 13.2 Å². The monoisotopic (exact) mass is 363 g/mol. The van der Waals surface area contributed by atoms with Crippen LogP contribution in [-0.2, 0) is 10.0 Å². The second-order valence-corrected chi connectivity index (χ2v) is 6.46. The topological polar surface area (TPSA) is 104 Å². The summed E-state index contributed by atoms with van der Waals surface area (Å²) in [6, 6.07) is 1.75. The number of halogens is 4. The lowest BCUT2D eigenvalue weighted by molar-refractivity contribution is -0.0437. The molecule has 0 fully saturated rings. The summed E-state index contributed by atoms with van der Waals surface area (Å²) in [6.45, 7) is -2.93. The van der Waals surface area contributed by atoms with E-state index in [2.05, 4.69) is 0 Å². The molecule has 118 valence electrons. The summed E-state index contributed by atoms with van der Waals surface area (Å²) in [5.74, 6) is -5.20. The Kier molecular flexibility index (Phi) is 5.51. The van der Waals surface area contributed by atoms with E-state index in [-0.39, 0.29) is 5.02 Å². The first-order chi connectivity index (χ1) is 9.50. The summed E-state index contributed by atoms with van der Waals surface area (Å²) >= 11 is 11.2. The molecule has 0 unspecified atom stereocenters. The van der Waals surface area contributed by atoms with E-state index in [4.69, 9.17) is 33.4 Å². The molecule has 0 atom stereocenters. The highest BCUT2D eigenvalue weighted by Crippen LogP contribution is 2.29. The van der Waals surface area contributed by atoms with E-state index in [0.29, 0.717) is 0 Å². The van der Waals surface area contributed by atoms with Crippen LogP contribution >= 0.6 is 23.2 Å². The van der Waals surface area contributed by atoms with Crippen LogP contribution in [0.4, 0.5) is 8.78 Å². The Morgan fingerprint density at radius 3 is 2.38 bits per heavy atom. The van der Waals surface area contributed by atoms with Gasteiger partial charge in [0, 0.05) is 5.02 Å². The Morgan fingerprint density at radius 1 is 1.33 bits per heavy atom. The third-order valence-electron chi connectivity index (χ3n) is 2.28. The molecule has 6 nitrogen and oxygen atoms in total. The fraction of sp³-hybridized carbons (Fsp3) is 0.300. The normalized spacial score (nSPS) is 12.4. The van der Waals surface area contributed by atoms with Gasteiger partial charge in [0.2, 0.25) is 10.0 Å². The molecule has 0 radical (unpaired) electrons. The maximum atomic E-state index is 12.9. The smallest absolute Gasteiger partial charge is 0.337 e. The summed E-state index contributed by atoms with van der Waals surface area (Å²) in [5, 5.41) is 16.3. The average Bonchev–Trinajstić information content (AvgIpc) is 2.38. The molecule has 0 aliphatic heterocycles. The highest BCUT2D eigenvalue weighted by Gasteiger charge is 2.31. The average molecular weight is 364 g/mol. The molecule has 1 aromatic carbocycles. The van der Waals surface area contributed by atoms with Crippen molar-refractivity contribution in [3.63, 3.8) is 0 Å². The first-order valence-electron chi connectivity index (χ1n) is 5.21. The van der Waals surface area contributed by atoms with E-state index in [1.807, 2.05) is 0 Å². The number of aliphatic hydroxyl groups is 1. The Balaban J connectivity index is 3.23. The van der Waals surface area contributed by atoms with Gasteiger partial charge >= 0.3 is 5.97 Å². The molecule has 0 saturated heterocycles. The summed E-state index contributed by atoms with van der Waals surface area (Å²) in [7, 11) is -4.53. The SMILES string of the molecule is O=C(O)c1cc(Cl)cc(S(=O)(=O)NCC(F)(F)CO)c1Cl. The lowest BCUT2D eigenvalue weighted by Crippen LogP contribution is -2.39. The fourth-order valence-electron chi connectivity index (χ4n) is 1.25. The number of aromatic carboxylic acids is 1. The van der Waals surface area contributed by atoms with Crippen molar-refractivity contribution >= 4 is 39.2 Å². The van der Waals surface area contributed by atoms with Gasteiger partial charge in [0.1, 0.15) is 11.5 Å². The molecule has 3 N–H and O–H groups in total. The number of carboxylic acid groups (broad SMARTS) is 1. The lowest BCUT2D eigenvalue weighted by Gasteiger charge is -2.15. The van der Waals surface area contributed by atoms with Crippen molar-refractivity contribution in [2.24, 2.45) is 0 Å². The Morgan fingerprint density at radius 2 is 1.90 bits per heavy atom. The number of carboxylic acids is 1. The molecule has 0 aromatic heterocycles. The number of nitrogens with one attached hydrogen (secondary N) is 1. The van der Waals surface area contributed by atoms with Crippen LogP contribution in [0.1, 0.15) is 10.4 Å². The molecule has 1 aromatic rings. The summed E-state index contributed by atoms with van der Waals surface area (Å²) in [6.07, 6.45) is 0. The number of alkyl halides is 2. The molecule has 0 heterocycles. The van der Waals surface area contributed by atoms with Crippen molar-refractivity contribution in [1.82, 2.24) is 4.72 Å². The van der Waals surface area contributed by atoms with E-state index < -0.39 is 50.5 Å². The van der Waals surface area contributed by atoms with Crippen molar-refractivity contribution in [3.05, 3.63) is 27.7 Å². The van der Waals surface area contributed by atoms with Crippen LogP contribution in [0.25, 0.3) is 0 Å². The molecule has 0 saturated carbocycles. The number of rotatable bonds is 6. The van der Waals surface area contributed by atoms with Crippen LogP contribution in [0.3, 0.4) is 0 Å². The third kappa shape index (κ3) is 4.48. The van der Waals surface area contributed by atoms with Gasteiger partial charge in [-0.05, 0) is 12.1 Å². The van der Waals surface area contributed by atoms with E-state index in [1.165, 1.54) is 4.72 Å². The number of hydrogen-bond acceptors (Lipinski definition) is 4. The zero-order valence-electron chi connectivity index (χ0n) is 10.1. The summed E-state index contributed by atoms with van der Waals surface area (Å²) in [4.78, 5) is 10.2. The predicted molar refractivity (Wildman–Crippen MR) is 70.6 cm³/mol. The van der Waals surface area contributed by atoms with Crippen LogP contribution < -0.4 is 4.72 Å². The molecule has 0 spiro atoms. The van der Waals surface area contributed by atoms with Crippen molar-refractivity contribution in [3.8, 4) is 0 Å². The second-order valence-electron chi connectivity index (χ2n) is 3.91. The van der Waals surface area contributed by atoms with Crippen molar-refractivity contribution in [1.29, 1.82) is 0 Å². The van der Waals surface area contributed by atoms with E-state index in [9.17, 15) is 22.0 Å². The lowest BCUT2D eigenvalue weighted by atomic mass is 10.2. The zero-order valence-corrected chi connectivity index (χ0v) is 12.4. The molecule has 0 aliphatic rings. The van der Waals surface area contributed by atoms with Gasteiger partial charge in [0.05, 0.1) is 17.1 Å². The number of hydrogen-bond donors (Lipinski definition) is 3. The van der Waals surface area contributed by atoms with Gasteiger partial charge in [-0.3, -0.25) is 0 Å². The maximum Gasteiger partial charge on any atom is 0.337 e. The number of sulfonamides is 1. The fourth-order valence-corrected chi connectivity index (χ4v) is 3.21. The number of carbonyl (C=O) groups is 1. The Hall–Kier alpha value is -1.00. The highest BCUT2D eigenvalue weighted by atomic mass is 35.5. The standard InChI is InChI=1S/C10H9Cl2F2NO5S/c11-5-1-6(9(17)18)8(12)7(2-5)21(19,20)15-3-10(13,14)4-16/h1-2,15-16H,3-4H2,(H,17,18). The van der Waals surface area contributed by atoms with Gasteiger partial charge in [-0.15, -0.1) is 0 Å². The molecule has 11 heteroatoms. The molecule has 0 aliphatic carbocycles. The third-order valence-corrected chi connectivity index (χ3v) is 4.44. The summed E-state index contributed by atoms with van der Waals surface area (Å²) < 4.78 is 51.0. The minimum Gasteiger partial charge on any atom is -0.478 e. The predicted octanol–water partition coefficient (Wildman–Crippen LogP) is 1.60. The first kappa shape index (κ1) is 18.1. The van der Waals surface area contributed by atoms with Crippen molar-refractivity contribution in [2.45, 2.75) is 10.8 Å². The Labute approximate surface area is 128 Å². The van der Waals surface area contributed by atoms with Crippen molar-refractivity contribution < 1.29 is 32.2 Å². The quantitative estimate of drug-likeness (QED) is 0.711. The minimum atomic E-state index is -4.53. The second kappa shape index (κ2) is 6.41. The van der Waals surface area contributed by atoms with Crippen LogP contribution in [0.2, 0.25) is 10.0 Å². The van der Waals surface area contributed by atoms with Crippen LogP contribution in [-0.4, -0.2) is 43.7 Å². The molecule has 0 amide bonds. The largest absolute Gasteiger partial charge is 0.478 e. The van der Waals surface area contributed by atoms with Crippen LogP contribution in [0.15, 0.2) is 17.0 Å². The highest BCUT2D eigenvalue weighted by molar-refractivity contribution is 7.89. The molecule has 21 heavy (non-hydrogen) atoms. The Bertz CT molecular complexity index is 666. The van der Waals surface area contributed by atoms with E-state index >= 15 is 0 Å². The maximum absolute atomic E-state index is 12.9. The van der Waals surface area contributed by atoms with Gasteiger partial charge in [-0.2, -0.15) is 0 Å². The van der Waals surface area contributed by atoms with Gasteiger partial charge in [0.25, 0.3) is 5.92 Å². The molecule has 1 rings (SSSR count). The molecular formula is C10H9Cl2F2NO5S. The van der Waals surface area contributed by atoms with E-state index in [1.54, 1.807) is 0 Å². The molecular weight excluding hydrogens is 355 g/mol. The number of benzene rings is 1. The van der Waals surface area contributed by atoms with Gasteiger partial charge < -0.3 is 10.2 Å². The van der Waals surface area contributed by atoms with Gasteiger partial charge in [0.15, 0.2) is 0 Å². The van der Waals surface area contributed by atoms with Crippen LogP contribution in [0, 0.1) is 0 Å². The zero-order chi connectivity index (χ0) is 16.4. The number of aliphatic hydroxyl groups excluding tert-OH is 1. The summed E-state index contributed by atoms with van der Waals surface area (Å²) in [5.41, 5.74) is -0.585. The minimum absolute atomic E-state index is 0.244. The first-order valence-corrected chi connectivity index (χ1v) is 7.45. The van der Waals surface area contributed by atoms with Crippen LogP contribution in [0.5, 0.6) is 0 Å². The van der Waals surface area contributed by atoms with Gasteiger partial charge in [-0.1, -0.05) is 23.2 Å². The van der Waals surface area contributed by atoms with E-state index in [0.717, 1.165) is 12.1 Å².